The molecule has 16 heavy (non-hydrogen) atoms. The lowest BCUT2D eigenvalue weighted by Crippen LogP contribution is -2.48. The van der Waals surface area contributed by atoms with E-state index in [4.69, 9.17) is 5.73 Å². The van der Waals surface area contributed by atoms with Crippen molar-refractivity contribution in [2.45, 2.75) is 12.1 Å². The normalized spacial score (nSPS) is 14.5. The third-order valence-corrected chi connectivity index (χ3v) is 2.95. The van der Waals surface area contributed by atoms with E-state index < -0.39 is 6.04 Å². The van der Waals surface area contributed by atoms with E-state index in [2.05, 4.69) is 35.9 Å². The lowest BCUT2D eigenvalue weighted by atomic mass is 10.1. The second-order valence-electron chi connectivity index (χ2n) is 3.28. The molecule has 0 aromatic rings. The Balaban J connectivity index is 4.11. The van der Waals surface area contributed by atoms with Crippen LogP contribution in [0.3, 0.4) is 0 Å². The van der Waals surface area contributed by atoms with Crippen LogP contribution in [0, 0.1) is 0 Å². The van der Waals surface area contributed by atoms with E-state index in [1.807, 2.05) is 0 Å². The smallest absolute Gasteiger partial charge is 0.164 e. The number of hydrogen-bond donors (Lipinski definition) is 5. The number of carbonyl (C=O) groups is 2. The molecule has 0 aromatic carbocycles. The number of nitrogens with two attached hydrogens (primary N) is 1. The standard InChI is InChI=1S/C9H19N3O2S2/c1-11-6(4-15)9(14)3-12-7(5-16)8(13)2-10/h6-7,11-12,15-16H,2-5,10H2,1H3/t6-,7-/m0/s1. The van der Waals surface area contributed by atoms with Crippen LogP contribution in [0.4, 0.5) is 0 Å². The largest absolute Gasteiger partial charge is 0.324 e. The van der Waals surface area contributed by atoms with Crippen LogP contribution in [0.2, 0.25) is 0 Å². The summed E-state index contributed by atoms with van der Waals surface area (Å²) in [5, 5.41) is 5.68. The molecular weight excluding hydrogens is 246 g/mol. The van der Waals surface area contributed by atoms with Crippen molar-refractivity contribution in [1.82, 2.24) is 10.6 Å². The van der Waals surface area contributed by atoms with Gasteiger partial charge < -0.3 is 11.1 Å². The van der Waals surface area contributed by atoms with Crippen molar-refractivity contribution in [2.24, 2.45) is 5.73 Å². The number of rotatable bonds is 9. The molecule has 94 valence electrons. The van der Waals surface area contributed by atoms with Crippen molar-refractivity contribution >= 4 is 36.8 Å². The Morgan fingerprint density at radius 1 is 1.19 bits per heavy atom. The van der Waals surface area contributed by atoms with Gasteiger partial charge in [0, 0.05) is 11.5 Å². The summed E-state index contributed by atoms with van der Waals surface area (Å²) in [5.41, 5.74) is 5.23. The number of hydrogen-bond acceptors (Lipinski definition) is 7. The fourth-order valence-electron chi connectivity index (χ4n) is 1.12. The second-order valence-corrected chi connectivity index (χ2v) is 4.01. The fourth-order valence-corrected chi connectivity index (χ4v) is 1.84. The van der Waals surface area contributed by atoms with Crippen LogP contribution in [0.25, 0.3) is 0 Å². The third kappa shape index (κ3) is 5.31. The first kappa shape index (κ1) is 15.9. The average molecular weight is 265 g/mol. The molecule has 0 unspecified atom stereocenters. The first-order valence-corrected chi connectivity index (χ1v) is 6.25. The number of ketones is 2. The van der Waals surface area contributed by atoms with Gasteiger partial charge in [-0.3, -0.25) is 14.9 Å². The van der Waals surface area contributed by atoms with Crippen molar-refractivity contribution in [2.75, 3.05) is 31.6 Å². The SMILES string of the molecule is CN[C@@H](CS)C(=O)CN[C@@H](CS)C(=O)CN. The molecule has 0 amide bonds. The lowest BCUT2D eigenvalue weighted by molar-refractivity contribution is -0.121. The molecule has 5 nitrogen and oxygen atoms in total. The maximum atomic E-state index is 11.6. The molecule has 0 saturated carbocycles. The van der Waals surface area contributed by atoms with Gasteiger partial charge in [0.1, 0.15) is 0 Å². The topological polar surface area (TPSA) is 84.2 Å². The zero-order valence-electron chi connectivity index (χ0n) is 9.27. The van der Waals surface area contributed by atoms with Gasteiger partial charge in [-0.2, -0.15) is 25.3 Å². The monoisotopic (exact) mass is 265 g/mol. The zero-order valence-corrected chi connectivity index (χ0v) is 11.1. The molecule has 4 N–H and O–H groups in total. The van der Waals surface area contributed by atoms with E-state index in [9.17, 15) is 9.59 Å². The van der Waals surface area contributed by atoms with Crippen molar-refractivity contribution in [1.29, 1.82) is 0 Å². The molecule has 2 atom stereocenters. The van der Waals surface area contributed by atoms with E-state index in [-0.39, 0.29) is 30.7 Å². The Bertz CT molecular complexity index is 235. The summed E-state index contributed by atoms with van der Waals surface area (Å²) in [4.78, 5) is 22.9. The predicted octanol–water partition coefficient (Wildman–Crippen LogP) is -1.51. The van der Waals surface area contributed by atoms with Crippen molar-refractivity contribution < 1.29 is 9.59 Å². The second kappa shape index (κ2) is 9.00. The van der Waals surface area contributed by atoms with E-state index in [0.29, 0.717) is 11.5 Å². The number of nitrogens with one attached hydrogen (secondary N) is 2. The Kier molecular flexibility index (Phi) is 8.96. The highest BCUT2D eigenvalue weighted by atomic mass is 32.1. The summed E-state index contributed by atoms with van der Waals surface area (Å²) < 4.78 is 0. The Morgan fingerprint density at radius 2 is 1.75 bits per heavy atom. The highest BCUT2D eigenvalue weighted by molar-refractivity contribution is 7.80. The Morgan fingerprint density at radius 3 is 2.12 bits per heavy atom. The van der Waals surface area contributed by atoms with E-state index >= 15 is 0 Å². The molecule has 0 aromatic heterocycles. The van der Waals surface area contributed by atoms with Gasteiger partial charge >= 0.3 is 0 Å². The maximum absolute atomic E-state index is 11.6. The molecule has 0 aliphatic heterocycles. The summed E-state index contributed by atoms with van der Waals surface area (Å²) in [5.74, 6) is 0.575. The van der Waals surface area contributed by atoms with Crippen LogP contribution in [0.1, 0.15) is 0 Å². The predicted molar refractivity (Wildman–Crippen MR) is 71.4 cm³/mol. The highest BCUT2D eigenvalue weighted by Gasteiger charge is 2.19. The Hall–Kier alpha value is -0.0800. The minimum atomic E-state index is -0.463. The minimum Gasteiger partial charge on any atom is -0.324 e. The van der Waals surface area contributed by atoms with E-state index in [0.717, 1.165) is 0 Å². The van der Waals surface area contributed by atoms with Crippen molar-refractivity contribution in [3.8, 4) is 0 Å². The van der Waals surface area contributed by atoms with Crippen LogP contribution < -0.4 is 16.4 Å². The number of Topliss-reactive ketones (excluding diaryl/α,β-unsaturated/α-hetero) is 2. The van der Waals surface area contributed by atoms with Gasteiger partial charge in [-0.15, -0.1) is 0 Å². The molecule has 0 saturated heterocycles. The van der Waals surface area contributed by atoms with Crippen LogP contribution in [-0.4, -0.2) is 55.3 Å². The molecule has 0 aliphatic carbocycles. The average Bonchev–Trinajstić information content (AvgIpc) is 2.31. The number of carbonyl (C=O) groups excluding carboxylic acids is 2. The minimum absolute atomic E-state index is 0.0332. The molecule has 0 rings (SSSR count). The quantitative estimate of drug-likeness (QED) is 0.327. The van der Waals surface area contributed by atoms with Crippen LogP contribution in [0.5, 0.6) is 0 Å². The first-order chi connectivity index (χ1) is 7.60. The van der Waals surface area contributed by atoms with Crippen molar-refractivity contribution in [3.63, 3.8) is 0 Å². The Labute approximate surface area is 107 Å². The van der Waals surface area contributed by atoms with E-state index in [1.165, 1.54) is 0 Å². The molecule has 0 bridgehead atoms. The summed E-state index contributed by atoms with van der Waals surface area (Å²) in [6.07, 6.45) is 0. The maximum Gasteiger partial charge on any atom is 0.164 e. The van der Waals surface area contributed by atoms with Crippen LogP contribution in [-0.2, 0) is 9.59 Å². The molecule has 0 fully saturated rings. The molecule has 0 radical (unpaired) electrons. The summed E-state index contributed by atoms with van der Waals surface area (Å²) in [6, 6.07) is -0.765. The van der Waals surface area contributed by atoms with Gasteiger partial charge in [0.25, 0.3) is 0 Å². The zero-order chi connectivity index (χ0) is 12.6. The van der Waals surface area contributed by atoms with Gasteiger partial charge in [0.2, 0.25) is 0 Å². The van der Waals surface area contributed by atoms with Gasteiger partial charge in [-0.1, -0.05) is 0 Å². The summed E-state index contributed by atoms with van der Waals surface area (Å²) in [6.45, 7) is 0.0669. The van der Waals surface area contributed by atoms with Gasteiger partial charge in [-0.25, -0.2) is 0 Å². The summed E-state index contributed by atoms with van der Waals surface area (Å²) >= 11 is 8.08. The third-order valence-electron chi connectivity index (χ3n) is 2.21. The number of thiol groups is 2. The van der Waals surface area contributed by atoms with Gasteiger partial charge in [-0.05, 0) is 7.05 Å². The first-order valence-electron chi connectivity index (χ1n) is 4.98. The molecule has 0 aliphatic rings. The van der Waals surface area contributed by atoms with Crippen LogP contribution in [0.15, 0.2) is 0 Å². The van der Waals surface area contributed by atoms with E-state index in [1.54, 1.807) is 7.05 Å². The molecular formula is C9H19N3O2S2. The highest BCUT2D eigenvalue weighted by Crippen LogP contribution is 1.92. The van der Waals surface area contributed by atoms with Gasteiger partial charge in [0.05, 0.1) is 25.2 Å². The number of likely N-dealkylation sites (N-methyl/N-ethyl adjacent to an activating group) is 1. The fraction of sp³-hybridized carbons (Fsp3) is 0.778. The van der Waals surface area contributed by atoms with Crippen LogP contribution >= 0.6 is 25.3 Å². The van der Waals surface area contributed by atoms with Gasteiger partial charge in [0.15, 0.2) is 11.6 Å². The summed E-state index contributed by atoms with van der Waals surface area (Å²) in [7, 11) is 1.69. The van der Waals surface area contributed by atoms with Crippen molar-refractivity contribution in [3.05, 3.63) is 0 Å². The lowest BCUT2D eigenvalue weighted by Gasteiger charge is -2.16. The molecule has 7 heteroatoms. The molecule has 0 spiro atoms. The molecule has 0 heterocycles.